The molecule has 0 radical (unpaired) electrons. The molecule has 0 spiro atoms. The second kappa shape index (κ2) is 9.37. The van der Waals surface area contributed by atoms with Gasteiger partial charge in [0.2, 0.25) is 0 Å². The highest BCUT2D eigenvalue weighted by Gasteiger charge is 2.28. The number of benzene rings is 2. The predicted octanol–water partition coefficient (Wildman–Crippen LogP) is 3.89. The Morgan fingerprint density at radius 2 is 1.79 bits per heavy atom. The van der Waals surface area contributed by atoms with E-state index >= 15 is 0 Å². The molecule has 0 saturated carbocycles. The molecule has 2 aromatic rings. The fourth-order valence-corrected chi connectivity index (χ4v) is 3.59. The topological polar surface area (TPSA) is 78.9 Å². The lowest BCUT2D eigenvalue weighted by atomic mass is 10.0. The summed E-state index contributed by atoms with van der Waals surface area (Å²) in [5, 5.41) is 13.1. The van der Waals surface area contributed by atoms with Crippen LogP contribution in [0.3, 0.4) is 0 Å². The number of carbonyl (C=O) groups is 2. The summed E-state index contributed by atoms with van der Waals surface area (Å²) in [6.07, 6.45) is 0.638. The highest BCUT2D eigenvalue weighted by Crippen LogP contribution is 2.22. The van der Waals surface area contributed by atoms with Gasteiger partial charge in [0.1, 0.15) is 11.5 Å². The molecule has 154 valence electrons. The van der Waals surface area contributed by atoms with Crippen LogP contribution in [0.2, 0.25) is 10.0 Å². The quantitative estimate of drug-likeness (QED) is 0.744. The number of amides is 2. The molecule has 1 unspecified atom stereocenters. The Morgan fingerprint density at radius 1 is 1.14 bits per heavy atom. The van der Waals surface area contributed by atoms with Crippen molar-refractivity contribution in [3.63, 3.8) is 0 Å². The molecule has 1 atom stereocenters. The van der Waals surface area contributed by atoms with Crippen LogP contribution < -0.4 is 10.1 Å². The van der Waals surface area contributed by atoms with Crippen LogP contribution >= 0.6 is 23.2 Å². The third kappa shape index (κ3) is 5.55. The molecular formula is C21H22Cl2N2O4. The predicted molar refractivity (Wildman–Crippen MR) is 112 cm³/mol. The molecule has 2 amide bonds. The molecule has 1 aliphatic rings. The molecule has 3 rings (SSSR count). The summed E-state index contributed by atoms with van der Waals surface area (Å²) >= 11 is 12.0. The van der Waals surface area contributed by atoms with Crippen molar-refractivity contribution in [2.45, 2.75) is 31.9 Å². The fourth-order valence-electron chi connectivity index (χ4n) is 3.22. The van der Waals surface area contributed by atoms with Crippen LogP contribution in [0.4, 0.5) is 0 Å². The number of nitrogens with one attached hydrogen (secondary N) is 1. The van der Waals surface area contributed by atoms with E-state index in [1.54, 1.807) is 42.2 Å². The Bertz CT molecular complexity index is 881. The normalized spacial score (nSPS) is 15.6. The number of ether oxygens (including phenoxy) is 1. The molecule has 0 bridgehead atoms. The van der Waals surface area contributed by atoms with Gasteiger partial charge >= 0.3 is 0 Å². The highest BCUT2D eigenvalue weighted by molar-refractivity contribution is 6.35. The van der Waals surface area contributed by atoms with Gasteiger partial charge < -0.3 is 20.1 Å². The molecule has 1 saturated heterocycles. The highest BCUT2D eigenvalue weighted by atomic mass is 35.5. The minimum atomic E-state index is -0.643. The van der Waals surface area contributed by atoms with E-state index in [1.165, 1.54) is 12.1 Å². The first kappa shape index (κ1) is 21.3. The summed E-state index contributed by atoms with van der Waals surface area (Å²) in [5.74, 6) is 0.274. The molecule has 2 N–H and O–H groups in total. The average Bonchev–Trinajstić information content (AvgIpc) is 2.71. The minimum absolute atomic E-state index is 0.0464. The molecule has 8 heteroatoms. The SMILES string of the molecule is CC(Oc1ccc(O)cc1)C(=O)N1CCC(NC(=O)c2cc(Cl)ccc2Cl)CC1. The van der Waals surface area contributed by atoms with Gasteiger partial charge in [0.05, 0.1) is 10.6 Å². The maximum atomic E-state index is 12.6. The first-order valence-electron chi connectivity index (χ1n) is 9.34. The summed E-state index contributed by atoms with van der Waals surface area (Å²) in [4.78, 5) is 26.8. The number of phenols is 1. The maximum absolute atomic E-state index is 12.6. The Morgan fingerprint density at radius 3 is 2.45 bits per heavy atom. The van der Waals surface area contributed by atoms with Crippen molar-refractivity contribution >= 4 is 35.0 Å². The number of nitrogens with zero attached hydrogens (tertiary/aromatic N) is 1. The van der Waals surface area contributed by atoms with Gasteiger partial charge in [-0.05, 0) is 62.2 Å². The summed E-state index contributed by atoms with van der Waals surface area (Å²) in [6.45, 7) is 2.75. The molecule has 0 aliphatic carbocycles. The number of hydrogen-bond acceptors (Lipinski definition) is 4. The lowest BCUT2D eigenvalue weighted by molar-refractivity contribution is -0.139. The van der Waals surface area contributed by atoms with Crippen molar-refractivity contribution in [1.82, 2.24) is 10.2 Å². The number of piperidine rings is 1. The van der Waals surface area contributed by atoms with Crippen molar-refractivity contribution in [2.24, 2.45) is 0 Å². The number of phenolic OH excluding ortho intramolecular Hbond substituents is 1. The average molecular weight is 437 g/mol. The first-order chi connectivity index (χ1) is 13.8. The van der Waals surface area contributed by atoms with E-state index in [0.717, 1.165) is 0 Å². The van der Waals surface area contributed by atoms with Crippen molar-refractivity contribution < 1.29 is 19.4 Å². The van der Waals surface area contributed by atoms with Crippen LogP contribution in [0.25, 0.3) is 0 Å². The molecule has 1 fully saturated rings. The fraction of sp³-hybridized carbons (Fsp3) is 0.333. The molecule has 0 aromatic heterocycles. The van der Waals surface area contributed by atoms with Gasteiger partial charge in [-0.25, -0.2) is 0 Å². The van der Waals surface area contributed by atoms with Gasteiger partial charge in [0, 0.05) is 24.2 Å². The summed E-state index contributed by atoms with van der Waals surface area (Å²) in [7, 11) is 0. The van der Waals surface area contributed by atoms with Gasteiger partial charge in [0.15, 0.2) is 6.10 Å². The van der Waals surface area contributed by atoms with E-state index in [2.05, 4.69) is 5.32 Å². The van der Waals surface area contributed by atoms with Crippen LogP contribution in [0, 0.1) is 0 Å². The van der Waals surface area contributed by atoms with Crippen LogP contribution in [0.1, 0.15) is 30.1 Å². The Labute approximate surface area is 179 Å². The van der Waals surface area contributed by atoms with Crippen LogP contribution in [0.15, 0.2) is 42.5 Å². The Balaban J connectivity index is 1.50. The van der Waals surface area contributed by atoms with Gasteiger partial charge in [-0.15, -0.1) is 0 Å². The van der Waals surface area contributed by atoms with E-state index < -0.39 is 6.10 Å². The van der Waals surface area contributed by atoms with E-state index in [-0.39, 0.29) is 23.6 Å². The van der Waals surface area contributed by atoms with E-state index in [4.69, 9.17) is 27.9 Å². The second-order valence-electron chi connectivity index (χ2n) is 6.95. The maximum Gasteiger partial charge on any atom is 0.263 e. The van der Waals surface area contributed by atoms with Crippen LogP contribution in [-0.4, -0.2) is 47.1 Å². The Kier molecular flexibility index (Phi) is 6.87. The van der Waals surface area contributed by atoms with E-state index in [9.17, 15) is 14.7 Å². The zero-order chi connectivity index (χ0) is 21.0. The molecule has 29 heavy (non-hydrogen) atoms. The number of likely N-dealkylation sites (tertiary alicyclic amines) is 1. The van der Waals surface area contributed by atoms with Gasteiger partial charge in [0.25, 0.3) is 11.8 Å². The molecule has 1 heterocycles. The number of carbonyl (C=O) groups excluding carboxylic acids is 2. The lowest BCUT2D eigenvalue weighted by Crippen LogP contribution is -2.49. The zero-order valence-electron chi connectivity index (χ0n) is 15.9. The zero-order valence-corrected chi connectivity index (χ0v) is 17.4. The lowest BCUT2D eigenvalue weighted by Gasteiger charge is -2.34. The minimum Gasteiger partial charge on any atom is -0.508 e. The van der Waals surface area contributed by atoms with Crippen LogP contribution in [-0.2, 0) is 4.79 Å². The number of halogens is 2. The first-order valence-corrected chi connectivity index (χ1v) is 10.1. The van der Waals surface area contributed by atoms with Crippen molar-refractivity contribution in [3.8, 4) is 11.5 Å². The van der Waals surface area contributed by atoms with Crippen molar-refractivity contribution in [2.75, 3.05) is 13.1 Å². The molecular weight excluding hydrogens is 415 g/mol. The summed E-state index contributed by atoms with van der Waals surface area (Å²) in [5.41, 5.74) is 0.341. The van der Waals surface area contributed by atoms with Crippen molar-refractivity contribution in [1.29, 1.82) is 0 Å². The van der Waals surface area contributed by atoms with E-state index in [0.29, 0.717) is 47.3 Å². The van der Waals surface area contributed by atoms with Gasteiger partial charge in [-0.1, -0.05) is 23.2 Å². The smallest absolute Gasteiger partial charge is 0.263 e. The largest absolute Gasteiger partial charge is 0.508 e. The number of rotatable bonds is 5. The third-order valence-electron chi connectivity index (χ3n) is 4.81. The molecule has 6 nitrogen and oxygen atoms in total. The summed E-state index contributed by atoms with van der Waals surface area (Å²) < 4.78 is 5.66. The van der Waals surface area contributed by atoms with Crippen LogP contribution in [0.5, 0.6) is 11.5 Å². The third-order valence-corrected chi connectivity index (χ3v) is 5.38. The Hall–Kier alpha value is -2.44. The monoisotopic (exact) mass is 436 g/mol. The number of aromatic hydroxyl groups is 1. The molecule has 2 aromatic carbocycles. The van der Waals surface area contributed by atoms with Crippen molar-refractivity contribution in [3.05, 3.63) is 58.1 Å². The van der Waals surface area contributed by atoms with Gasteiger partial charge in [-0.3, -0.25) is 9.59 Å². The van der Waals surface area contributed by atoms with E-state index in [1.807, 2.05) is 0 Å². The number of hydrogen-bond donors (Lipinski definition) is 2. The molecule has 1 aliphatic heterocycles. The second-order valence-corrected chi connectivity index (χ2v) is 7.79. The summed E-state index contributed by atoms with van der Waals surface area (Å²) in [6, 6.07) is 11.0. The standard InChI is InChI=1S/C21H22Cl2N2O4/c1-13(29-17-5-3-16(26)4-6-17)21(28)25-10-8-15(9-11-25)24-20(27)18-12-14(22)2-7-19(18)23/h2-7,12-13,15,26H,8-11H2,1H3,(H,24,27). The van der Waals surface area contributed by atoms with Gasteiger partial charge in [-0.2, -0.15) is 0 Å².